The van der Waals surface area contributed by atoms with Crippen LogP contribution in [0.15, 0.2) is 18.2 Å². The number of hydrogen-bond donors (Lipinski definition) is 2. The van der Waals surface area contributed by atoms with E-state index >= 15 is 0 Å². The summed E-state index contributed by atoms with van der Waals surface area (Å²) in [6.07, 6.45) is 0.320. The van der Waals surface area contributed by atoms with Gasteiger partial charge >= 0.3 is 5.97 Å². The van der Waals surface area contributed by atoms with Crippen molar-refractivity contribution >= 4 is 35.1 Å². The van der Waals surface area contributed by atoms with Gasteiger partial charge in [-0.3, -0.25) is 9.59 Å². The maximum atomic E-state index is 11.9. The van der Waals surface area contributed by atoms with Crippen LogP contribution in [0.1, 0.15) is 39.2 Å². The largest absolute Gasteiger partial charge is 0.460 e. The van der Waals surface area contributed by atoms with E-state index in [0.717, 1.165) is 5.56 Å². The second kappa shape index (κ2) is 8.52. The van der Waals surface area contributed by atoms with Crippen molar-refractivity contribution in [1.82, 2.24) is 5.32 Å². The van der Waals surface area contributed by atoms with Crippen LogP contribution in [0.3, 0.4) is 0 Å². The molecule has 0 radical (unpaired) electrons. The number of esters is 1. The molecule has 0 heterocycles. The molecule has 5 nitrogen and oxygen atoms in total. The monoisotopic (exact) mass is 360 g/mol. The summed E-state index contributed by atoms with van der Waals surface area (Å²) in [5.74, 6) is -0.704. The Morgan fingerprint density at radius 2 is 1.91 bits per heavy atom. The lowest BCUT2D eigenvalue weighted by Crippen LogP contribution is -2.40. The minimum Gasteiger partial charge on any atom is -0.460 e. The molecule has 7 heteroatoms. The lowest BCUT2D eigenvalue weighted by molar-refractivity contribution is -0.155. The van der Waals surface area contributed by atoms with Crippen molar-refractivity contribution in [2.24, 2.45) is 5.73 Å². The normalized spacial score (nSPS) is 12.6. The van der Waals surface area contributed by atoms with Crippen molar-refractivity contribution in [3.8, 4) is 0 Å². The van der Waals surface area contributed by atoms with Crippen molar-refractivity contribution in [2.45, 2.75) is 51.8 Å². The van der Waals surface area contributed by atoms with Gasteiger partial charge in [-0.15, -0.1) is 0 Å². The molecule has 1 amide bonds. The predicted octanol–water partition coefficient (Wildman–Crippen LogP) is 3.06. The maximum absolute atomic E-state index is 11.9. The van der Waals surface area contributed by atoms with E-state index in [-0.39, 0.29) is 31.3 Å². The summed E-state index contributed by atoms with van der Waals surface area (Å²) in [6, 6.07) is 4.33. The lowest BCUT2D eigenvalue weighted by atomic mass is 10.1. The molecule has 0 fully saturated rings. The van der Waals surface area contributed by atoms with Gasteiger partial charge in [0.15, 0.2) is 0 Å². The van der Waals surface area contributed by atoms with Crippen molar-refractivity contribution < 1.29 is 14.3 Å². The van der Waals surface area contributed by atoms with Gasteiger partial charge in [-0.2, -0.15) is 0 Å². The highest BCUT2D eigenvalue weighted by Gasteiger charge is 2.19. The molecule has 0 aromatic heterocycles. The van der Waals surface area contributed by atoms with Crippen LogP contribution in [0.4, 0.5) is 0 Å². The van der Waals surface area contributed by atoms with Crippen LogP contribution < -0.4 is 11.1 Å². The molecular weight excluding hydrogens is 339 g/mol. The third-order valence-electron chi connectivity index (χ3n) is 2.87. The van der Waals surface area contributed by atoms with Gasteiger partial charge in [0, 0.05) is 13.0 Å². The van der Waals surface area contributed by atoms with Gasteiger partial charge in [0.2, 0.25) is 5.91 Å². The molecule has 1 aromatic rings. The summed E-state index contributed by atoms with van der Waals surface area (Å²) >= 11 is 11.7. The Balaban J connectivity index is 2.39. The number of rotatable bonds is 6. The van der Waals surface area contributed by atoms with E-state index in [1.54, 1.807) is 39.0 Å². The van der Waals surface area contributed by atoms with Gasteiger partial charge in [-0.1, -0.05) is 29.3 Å². The Bertz CT molecular complexity index is 571. The third-order valence-corrected chi connectivity index (χ3v) is 3.61. The van der Waals surface area contributed by atoms with Gasteiger partial charge in [-0.25, -0.2) is 0 Å². The molecule has 0 unspecified atom stereocenters. The molecule has 1 rings (SSSR count). The molecule has 0 aliphatic rings. The second-order valence-electron chi connectivity index (χ2n) is 6.20. The number of amides is 1. The highest BCUT2D eigenvalue weighted by atomic mass is 35.5. The molecule has 0 aliphatic heterocycles. The van der Waals surface area contributed by atoms with Crippen LogP contribution >= 0.6 is 23.2 Å². The Kier molecular flexibility index (Phi) is 7.32. The first-order valence-electron chi connectivity index (χ1n) is 7.27. The molecular formula is C16H22Cl2N2O3. The highest BCUT2D eigenvalue weighted by Crippen LogP contribution is 2.22. The minimum absolute atomic E-state index is 0.0959. The molecule has 128 valence electrons. The Morgan fingerprint density at radius 3 is 2.48 bits per heavy atom. The van der Waals surface area contributed by atoms with E-state index in [9.17, 15) is 9.59 Å². The number of benzene rings is 1. The van der Waals surface area contributed by atoms with Crippen LogP contribution in [-0.4, -0.2) is 23.5 Å². The van der Waals surface area contributed by atoms with Gasteiger partial charge in [0.05, 0.1) is 16.1 Å². The first-order chi connectivity index (χ1) is 10.6. The van der Waals surface area contributed by atoms with E-state index in [2.05, 4.69) is 5.32 Å². The van der Waals surface area contributed by atoms with Gasteiger partial charge in [-0.05, 0) is 44.9 Å². The zero-order valence-electron chi connectivity index (χ0n) is 13.5. The van der Waals surface area contributed by atoms with E-state index in [1.807, 2.05) is 0 Å². The first kappa shape index (κ1) is 19.7. The average molecular weight is 361 g/mol. The third kappa shape index (κ3) is 7.68. The minimum atomic E-state index is -0.773. The van der Waals surface area contributed by atoms with Crippen molar-refractivity contribution in [3.63, 3.8) is 0 Å². The molecule has 0 spiro atoms. The number of nitrogens with two attached hydrogens (primary N) is 1. The van der Waals surface area contributed by atoms with Crippen LogP contribution in [0.25, 0.3) is 0 Å². The number of halogens is 2. The number of carbonyl (C=O) groups excluding carboxylic acids is 2. The smallest absolute Gasteiger partial charge is 0.306 e. The van der Waals surface area contributed by atoms with Crippen molar-refractivity contribution in [1.29, 1.82) is 0 Å². The summed E-state index contributed by atoms with van der Waals surface area (Å²) in [4.78, 5) is 23.5. The molecule has 3 N–H and O–H groups in total. The van der Waals surface area contributed by atoms with Crippen molar-refractivity contribution in [2.75, 3.05) is 0 Å². The molecule has 1 atom stereocenters. The van der Waals surface area contributed by atoms with Crippen LogP contribution in [0, 0.1) is 0 Å². The zero-order chi connectivity index (χ0) is 17.6. The summed E-state index contributed by atoms with van der Waals surface area (Å²) in [7, 11) is 0. The SMILES string of the molecule is CC(C)(C)OC(=O)CC[C@H](N)C(=O)NCc1ccc(Cl)c(Cl)c1. The molecule has 23 heavy (non-hydrogen) atoms. The second-order valence-corrected chi connectivity index (χ2v) is 7.01. The fourth-order valence-corrected chi connectivity index (χ4v) is 2.09. The highest BCUT2D eigenvalue weighted by molar-refractivity contribution is 6.42. The standard InChI is InChI=1S/C16H22Cl2N2O3/c1-16(2,3)23-14(21)7-6-13(19)15(22)20-9-10-4-5-11(17)12(18)8-10/h4-5,8,13H,6-7,9,19H2,1-3H3,(H,20,22)/t13-/m0/s1. The Morgan fingerprint density at radius 1 is 1.26 bits per heavy atom. The molecule has 0 aliphatic carbocycles. The summed E-state index contributed by atoms with van der Waals surface area (Å²) in [5.41, 5.74) is 6.05. The topological polar surface area (TPSA) is 81.4 Å². The fourth-order valence-electron chi connectivity index (χ4n) is 1.77. The van der Waals surface area contributed by atoms with Gasteiger partial charge in [0.25, 0.3) is 0 Å². The Labute approximate surface area is 146 Å². The number of nitrogens with one attached hydrogen (secondary N) is 1. The van der Waals surface area contributed by atoms with E-state index in [0.29, 0.717) is 10.0 Å². The summed E-state index contributed by atoms with van der Waals surface area (Å²) in [6.45, 7) is 5.65. The summed E-state index contributed by atoms with van der Waals surface area (Å²) in [5, 5.41) is 3.58. The Hall–Kier alpha value is -1.30. The zero-order valence-corrected chi connectivity index (χ0v) is 15.0. The molecule has 0 bridgehead atoms. The molecule has 0 saturated carbocycles. The van der Waals surface area contributed by atoms with Crippen molar-refractivity contribution in [3.05, 3.63) is 33.8 Å². The van der Waals surface area contributed by atoms with E-state index < -0.39 is 11.6 Å². The van der Waals surface area contributed by atoms with E-state index in [4.69, 9.17) is 33.7 Å². The first-order valence-corrected chi connectivity index (χ1v) is 8.03. The predicted molar refractivity (Wildman–Crippen MR) is 91.4 cm³/mol. The number of ether oxygens (including phenoxy) is 1. The van der Waals surface area contributed by atoms with E-state index in [1.165, 1.54) is 0 Å². The number of hydrogen-bond acceptors (Lipinski definition) is 4. The maximum Gasteiger partial charge on any atom is 0.306 e. The van der Waals surface area contributed by atoms with Crippen LogP contribution in [0.2, 0.25) is 10.0 Å². The summed E-state index contributed by atoms with van der Waals surface area (Å²) < 4.78 is 5.17. The number of carbonyl (C=O) groups is 2. The van der Waals surface area contributed by atoms with Gasteiger partial charge in [0.1, 0.15) is 5.60 Å². The van der Waals surface area contributed by atoms with Crippen LogP contribution in [0.5, 0.6) is 0 Å². The molecule has 1 aromatic carbocycles. The lowest BCUT2D eigenvalue weighted by Gasteiger charge is -2.20. The molecule has 0 saturated heterocycles. The van der Waals surface area contributed by atoms with Crippen LogP contribution in [-0.2, 0) is 20.9 Å². The quantitative estimate of drug-likeness (QED) is 0.763. The average Bonchev–Trinajstić information content (AvgIpc) is 2.43. The van der Waals surface area contributed by atoms with Gasteiger partial charge < -0.3 is 15.8 Å². The fraction of sp³-hybridized carbons (Fsp3) is 0.500.